The molecule has 1 saturated heterocycles. The lowest BCUT2D eigenvalue weighted by atomic mass is 9.96. The molecule has 2 aliphatic rings. The van der Waals surface area contributed by atoms with Gasteiger partial charge in [0.25, 0.3) is 0 Å². The van der Waals surface area contributed by atoms with Gasteiger partial charge in [0.1, 0.15) is 11.6 Å². The summed E-state index contributed by atoms with van der Waals surface area (Å²) in [5.41, 5.74) is 5.18. The third-order valence-electron chi connectivity index (χ3n) is 6.77. The van der Waals surface area contributed by atoms with E-state index in [1.54, 1.807) is 12.4 Å². The van der Waals surface area contributed by atoms with Crippen molar-refractivity contribution in [1.82, 2.24) is 24.7 Å². The first-order valence-electron chi connectivity index (χ1n) is 12.1. The van der Waals surface area contributed by atoms with E-state index in [-0.39, 0.29) is 5.91 Å². The third-order valence-corrected chi connectivity index (χ3v) is 6.77. The van der Waals surface area contributed by atoms with Crippen molar-refractivity contribution in [1.29, 1.82) is 0 Å². The molecule has 5 rings (SSSR count). The minimum absolute atomic E-state index is 0.0181. The molecule has 1 fully saturated rings. The van der Waals surface area contributed by atoms with Crippen LogP contribution in [0.15, 0.2) is 42.9 Å². The summed E-state index contributed by atoms with van der Waals surface area (Å²) in [6, 6.07) is 8.01. The maximum atomic E-state index is 13.3. The molecule has 0 radical (unpaired) electrons. The number of piperazine rings is 1. The van der Waals surface area contributed by atoms with Crippen LogP contribution in [0.5, 0.6) is 0 Å². The van der Waals surface area contributed by atoms with Crippen molar-refractivity contribution in [3.63, 3.8) is 0 Å². The van der Waals surface area contributed by atoms with Crippen LogP contribution >= 0.6 is 0 Å². The van der Waals surface area contributed by atoms with Crippen molar-refractivity contribution < 1.29 is 4.79 Å². The van der Waals surface area contributed by atoms with Crippen molar-refractivity contribution in [2.24, 2.45) is 0 Å². The fraction of sp³-hybridized carbons (Fsp3) is 0.360. The first-order valence-corrected chi connectivity index (χ1v) is 12.1. The quantitative estimate of drug-likeness (QED) is 0.551. The predicted octanol–water partition coefficient (Wildman–Crippen LogP) is 2.46. The monoisotopic (exact) mass is 470 g/mol. The Morgan fingerprint density at radius 1 is 1.03 bits per heavy atom. The summed E-state index contributed by atoms with van der Waals surface area (Å²) in [6.07, 6.45) is 5.43. The number of rotatable bonds is 6. The number of aromatic nitrogens is 3. The van der Waals surface area contributed by atoms with Gasteiger partial charge in [-0.05, 0) is 31.3 Å². The summed E-state index contributed by atoms with van der Waals surface area (Å²) >= 11 is 0. The van der Waals surface area contributed by atoms with E-state index < -0.39 is 0 Å². The Hall–Kier alpha value is -3.66. The fourth-order valence-electron chi connectivity index (χ4n) is 4.63. The average molecular weight is 470 g/mol. The number of anilines is 4. The van der Waals surface area contributed by atoms with Gasteiger partial charge in [0, 0.05) is 64.1 Å². The number of carbonyl (C=O) groups is 1. The number of nitrogens with zero attached hydrogens (tertiary/aromatic N) is 7. The lowest BCUT2D eigenvalue weighted by Gasteiger charge is -2.33. The van der Waals surface area contributed by atoms with Gasteiger partial charge in [-0.1, -0.05) is 6.82 Å². The highest BCUT2D eigenvalue weighted by molar-refractivity contribution is 6.37. The number of fused-ring (bicyclic) bond motifs is 1. The molecule has 35 heavy (non-hydrogen) atoms. The van der Waals surface area contributed by atoms with Gasteiger partial charge in [-0.2, -0.15) is 0 Å². The summed E-state index contributed by atoms with van der Waals surface area (Å²) in [6.45, 7) is 6.63. The minimum Gasteiger partial charge on any atom is -0.382 e. The van der Waals surface area contributed by atoms with Crippen LogP contribution in [0, 0.1) is 0 Å². The van der Waals surface area contributed by atoms with Crippen LogP contribution in [0.1, 0.15) is 15.9 Å². The van der Waals surface area contributed by atoms with Gasteiger partial charge in [0.2, 0.25) is 13.3 Å². The van der Waals surface area contributed by atoms with E-state index in [2.05, 4.69) is 38.2 Å². The molecule has 0 atom stereocenters. The fourth-order valence-corrected chi connectivity index (χ4v) is 4.63. The Morgan fingerprint density at radius 2 is 1.83 bits per heavy atom. The van der Waals surface area contributed by atoms with Crippen LogP contribution in [-0.2, 0) is 6.54 Å². The molecule has 5 heterocycles. The zero-order chi connectivity index (χ0) is 24.5. The zero-order valence-corrected chi connectivity index (χ0v) is 20.8. The van der Waals surface area contributed by atoms with Crippen LogP contribution in [0.4, 0.5) is 23.0 Å². The second-order valence-corrected chi connectivity index (χ2v) is 9.31. The maximum absolute atomic E-state index is 13.3. The predicted molar refractivity (Wildman–Crippen MR) is 142 cm³/mol. The smallest absolute Gasteiger partial charge is 0.244 e. The molecule has 0 aliphatic carbocycles. The summed E-state index contributed by atoms with van der Waals surface area (Å²) in [7, 11) is 6.71. The molecule has 1 N–H and O–H groups in total. The number of likely N-dealkylation sites (N-methyl/N-ethyl adjacent to an activating group) is 1. The van der Waals surface area contributed by atoms with E-state index in [4.69, 9.17) is 4.98 Å². The summed E-state index contributed by atoms with van der Waals surface area (Å²) in [4.78, 5) is 35.6. The van der Waals surface area contributed by atoms with E-state index in [9.17, 15) is 4.79 Å². The molecule has 0 aromatic carbocycles. The van der Waals surface area contributed by atoms with Gasteiger partial charge >= 0.3 is 0 Å². The molecule has 10 heteroatoms. The zero-order valence-electron chi connectivity index (χ0n) is 20.8. The summed E-state index contributed by atoms with van der Waals surface area (Å²) in [5.74, 6) is 1.56. The van der Waals surface area contributed by atoms with Crippen molar-refractivity contribution in [3.8, 4) is 11.3 Å². The minimum atomic E-state index is 0.0181. The number of amides is 1. The van der Waals surface area contributed by atoms with Crippen molar-refractivity contribution in [2.45, 2.75) is 13.4 Å². The van der Waals surface area contributed by atoms with Crippen LogP contribution in [0.3, 0.4) is 0 Å². The van der Waals surface area contributed by atoms with Crippen LogP contribution < -0.4 is 15.1 Å². The normalized spacial score (nSPS) is 15.8. The highest BCUT2D eigenvalue weighted by atomic mass is 16.2. The second-order valence-electron chi connectivity index (χ2n) is 9.31. The van der Waals surface area contributed by atoms with Gasteiger partial charge < -0.3 is 24.8 Å². The summed E-state index contributed by atoms with van der Waals surface area (Å²) < 4.78 is 0. The van der Waals surface area contributed by atoms with Crippen molar-refractivity contribution >= 4 is 36.3 Å². The molecule has 1 amide bonds. The van der Waals surface area contributed by atoms with Crippen molar-refractivity contribution in [2.75, 3.05) is 62.4 Å². The van der Waals surface area contributed by atoms with Crippen LogP contribution in [-0.4, -0.2) is 85.3 Å². The first-order chi connectivity index (χ1) is 16.9. The molecule has 0 saturated carbocycles. The van der Waals surface area contributed by atoms with E-state index in [1.165, 1.54) is 0 Å². The summed E-state index contributed by atoms with van der Waals surface area (Å²) in [5, 5.41) is 3.36. The molecule has 0 bridgehead atoms. The topological polar surface area (TPSA) is 80.7 Å². The molecule has 0 unspecified atom stereocenters. The van der Waals surface area contributed by atoms with Gasteiger partial charge in [-0.25, -0.2) is 9.97 Å². The van der Waals surface area contributed by atoms with Gasteiger partial charge in [-0.3, -0.25) is 9.78 Å². The molecular weight excluding hydrogens is 439 g/mol. The van der Waals surface area contributed by atoms with E-state index >= 15 is 0 Å². The largest absolute Gasteiger partial charge is 0.382 e. The van der Waals surface area contributed by atoms with Gasteiger partial charge in [0.15, 0.2) is 0 Å². The van der Waals surface area contributed by atoms with E-state index in [0.29, 0.717) is 31.0 Å². The molecule has 9 nitrogen and oxygen atoms in total. The first kappa shape index (κ1) is 23.1. The number of hydrogen-bond donors (Lipinski definition) is 1. The Kier molecular flexibility index (Phi) is 6.30. The lowest BCUT2D eigenvalue weighted by molar-refractivity contribution is 0.0878. The Bertz CT molecular complexity index is 1220. The van der Waals surface area contributed by atoms with E-state index in [1.807, 2.05) is 55.0 Å². The third kappa shape index (κ3) is 4.53. The molecular formula is C25H31BN8O. The molecule has 3 aromatic rings. The Balaban J connectivity index is 1.45. The molecule has 0 spiro atoms. The Labute approximate surface area is 207 Å². The highest BCUT2D eigenvalue weighted by Gasteiger charge is 2.32. The van der Waals surface area contributed by atoms with Crippen molar-refractivity contribution in [3.05, 3.63) is 54.0 Å². The molecule has 180 valence electrons. The Morgan fingerprint density at radius 3 is 2.51 bits per heavy atom. The van der Waals surface area contributed by atoms with Crippen LogP contribution in [0.2, 0.25) is 6.82 Å². The molecule has 2 aliphatic heterocycles. The highest BCUT2D eigenvalue weighted by Crippen LogP contribution is 2.36. The van der Waals surface area contributed by atoms with Gasteiger partial charge in [0.05, 0.1) is 35.0 Å². The number of nitrogens with one attached hydrogen (secondary N) is 1. The maximum Gasteiger partial charge on any atom is 0.244 e. The molecule has 3 aromatic heterocycles. The lowest BCUT2D eigenvalue weighted by Crippen LogP contribution is -2.44. The van der Waals surface area contributed by atoms with Crippen LogP contribution in [0.25, 0.3) is 11.3 Å². The number of carbonyl (C=O) groups excluding carboxylic acids is 1. The van der Waals surface area contributed by atoms with E-state index in [0.717, 1.165) is 54.5 Å². The number of hydrogen-bond acceptors (Lipinski definition) is 8. The average Bonchev–Trinajstić information content (AvgIpc) is 3.22. The second kappa shape index (κ2) is 9.54. The van der Waals surface area contributed by atoms with Gasteiger partial charge in [-0.15, -0.1) is 0 Å². The standard InChI is InChI=1S/C25H31BN8O/c1-26-34-16-19-23(25(34)35)20(15-29-24(19)17-7-8-27-22(13-17)31(2)3)30-21-6-5-18(14-28-21)33-11-9-32(4)10-12-33/h5-8,13-15,26H,9-12,16H2,1-4H3,(H,28,30). The number of pyridine rings is 3. The SMILES string of the molecule is CBN1Cc2c(-c3ccnc(N(C)C)c3)ncc(Nc3ccc(N4CCN(C)CC4)cn3)c2C1=O.